The van der Waals surface area contributed by atoms with E-state index in [0.717, 1.165) is 12.8 Å². The Morgan fingerprint density at radius 2 is 1.94 bits per heavy atom. The summed E-state index contributed by atoms with van der Waals surface area (Å²) >= 11 is 0. The first-order chi connectivity index (χ1) is 7.75. The molecule has 0 saturated carbocycles. The zero-order valence-corrected chi connectivity index (χ0v) is 9.96. The molecule has 0 aromatic carbocycles. The second-order valence-electron chi connectivity index (χ2n) is 4.98. The van der Waals surface area contributed by atoms with E-state index in [0.29, 0.717) is 5.92 Å². The summed E-state index contributed by atoms with van der Waals surface area (Å²) < 4.78 is 0. The first kappa shape index (κ1) is 10.1. The van der Waals surface area contributed by atoms with Crippen molar-refractivity contribution in [3.63, 3.8) is 0 Å². The maximum absolute atomic E-state index is 2.36. The highest BCUT2D eigenvalue weighted by Gasteiger charge is 2.28. The van der Waals surface area contributed by atoms with Gasteiger partial charge >= 0.3 is 0 Å². The lowest BCUT2D eigenvalue weighted by atomic mass is 9.71. The average molecular weight is 209 g/mol. The molecule has 0 bridgehead atoms. The van der Waals surface area contributed by atoms with Crippen molar-refractivity contribution in [3.05, 3.63) is 65.4 Å². The van der Waals surface area contributed by atoms with Gasteiger partial charge < -0.3 is 0 Å². The molecule has 0 spiro atoms. The maximum atomic E-state index is 2.36. The van der Waals surface area contributed by atoms with Crippen LogP contribution in [0.5, 0.6) is 0 Å². The first-order valence-corrected chi connectivity index (χ1v) is 6.07. The molecule has 0 saturated heterocycles. The molecule has 3 aliphatic carbocycles. The van der Waals surface area contributed by atoms with E-state index in [9.17, 15) is 0 Å². The van der Waals surface area contributed by atoms with Crippen molar-refractivity contribution in [2.45, 2.75) is 26.7 Å². The summed E-state index contributed by atoms with van der Waals surface area (Å²) in [5, 5.41) is 0. The van der Waals surface area contributed by atoms with E-state index in [2.05, 4.69) is 51.3 Å². The quantitative estimate of drug-likeness (QED) is 0.562. The van der Waals surface area contributed by atoms with Crippen LogP contribution in [0.2, 0.25) is 0 Å². The molecular formula is C16H17. The highest BCUT2D eigenvalue weighted by atomic mass is 14.3. The second kappa shape index (κ2) is 3.76. The summed E-state index contributed by atoms with van der Waals surface area (Å²) in [5.74, 6) is 0.621. The fraction of sp³-hybridized carbons (Fsp3) is 0.312. The third kappa shape index (κ3) is 1.52. The van der Waals surface area contributed by atoms with Crippen LogP contribution >= 0.6 is 0 Å². The van der Waals surface area contributed by atoms with Crippen molar-refractivity contribution in [1.82, 2.24) is 0 Å². The van der Waals surface area contributed by atoms with E-state index in [1.54, 1.807) is 11.1 Å². The number of hydrogen-bond donors (Lipinski definition) is 0. The van der Waals surface area contributed by atoms with Crippen molar-refractivity contribution in [1.29, 1.82) is 0 Å². The minimum absolute atomic E-state index is 0.621. The van der Waals surface area contributed by atoms with Crippen LogP contribution < -0.4 is 0 Å². The van der Waals surface area contributed by atoms with Gasteiger partial charge in [-0.2, -0.15) is 0 Å². The van der Waals surface area contributed by atoms with Gasteiger partial charge in [0.15, 0.2) is 0 Å². The van der Waals surface area contributed by atoms with Crippen molar-refractivity contribution in [2.24, 2.45) is 5.92 Å². The smallest absolute Gasteiger partial charge is 0.0129 e. The van der Waals surface area contributed by atoms with E-state index in [1.807, 2.05) is 0 Å². The third-order valence-electron chi connectivity index (χ3n) is 3.86. The fourth-order valence-corrected chi connectivity index (χ4v) is 2.88. The van der Waals surface area contributed by atoms with Gasteiger partial charge in [-0.1, -0.05) is 53.0 Å². The van der Waals surface area contributed by atoms with E-state index < -0.39 is 0 Å². The standard InChI is InChI=1S/C16H17/c1-11-7-8-14-10-13-5-3-4-6-15(13)12(2)16(14)9-11/h3-5,7-8,10,12H,6,9H2,1-2H3. The Hall–Kier alpha value is -1.04. The van der Waals surface area contributed by atoms with Crippen molar-refractivity contribution < 1.29 is 0 Å². The molecule has 0 aromatic heterocycles. The van der Waals surface area contributed by atoms with Gasteiger partial charge in [-0.25, -0.2) is 0 Å². The Morgan fingerprint density at radius 3 is 2.81 bits per heavy atom. The lowest BCUT2D eigenvalue weighted by Crippen LogP contribution is -2.18. The summed E-state index contributed by atoms with van der Waals surface area (Å²) in [5.41, 5.74) is 7.59. The Balaban J connectivity index is 1.92. The summed E-state index contributed by atoms with van der Waals surface area (Å²) in [7, 11) is 0. The predicted octanol–water partition coefficient (Wildman–Crippen LogP) is 4.15. The minimum Gasteiger partial charge on any atom is -0.0838 e. The lowest BCUT2D eigenvalue weighted by Gasteiger charge is -2.34. The highest BCUT2D eigenvalue weighted by molar-refractivity contribution is 5.58. The van der Waals surface area contributed by atoms with Crippen molar-refractivity contribution >= 4 is 0 Å². The van der Waals surface area contributed by atoms with Gasteiger partial charge in [0, 0.05) is 19.3 Å². The van der Waals surface area contributed by atoms with Crippen LogP contribution in [0.15, 0.2) is 46.1 Å². The molecule has 0 aromatic rings. The SMILES string of the molecule is CC1=C[CH]C2=C(C1)C(C)C1=C([CH]C=CC1)[CH]2. The van der Waals surface area contributed by atoms with Gasteiger partial charge in [0.1, 0.15) is 0 Å². The molecule has 3 radical (unpaired) electrons. The van der Waals surface area contributed by atoms with Crippen LogP contribution in [0.25, 0.3) is 0 Å². The topological polar surface area (TPSA) is 0 Å². The van der Waals surface area contributed by atoms with Gasteiger partial charge in [0.05, 0.1) is 0 Å². The molecule has 3 aliphatic rings. The number of rotatable bonds is 0. The zero-order chi connectivity index (χ0) is 11.1. The molecule has 0 N–H and O–H groups in total. The first-order valence-electron chi connectivity index (χ1n) is 6.07. The van der Waals surface area contributed by atoms with Crippen molar-refractivity contribution in [2.75, 3.05) is 0 Å². The molecule has 1 unspecified atom stereocenters. The van der Waals surface area contributed by atoms with Gasteiger partial charge in [-0.15, -0.1) is 0 Å². The van der Waals surface area contributed by atoms with Crippen LogP contribution in [-0.2, 0) is 0 Å². The largest absolute Gasteiger partial charge is 0.0838 e. The molecule has 0 nitrogen and oxygen atoms in total. The molecule has 0 amide bonds. The van der Waals surface area contributed by atoms with Crippen molar-refractivity contribution in [3.8, 4) is 0 Å². The lowest BCUT2D eigenvalue weighted by molar-refractivity contribution is 0.708. The molecule has 0 heteroatoms. The summed E-state index contributed by atoms with van der Waals surface area (Å²) in [6.45, 7) is 4.58. The molecule has 0 heterocycles. The molecule has 1 atom stereocenters. The summed E-state index contributed by atoms with van der Waals surface area (Å²) in [4.78, 5) is 0. The molecule has 81 valence electrons. The van der Waals surface area contributed by atoms with E-state index in [-0.39, 0.29) is 0 Å². The van der Waals surface area contributed by atoms with E-state index in [4.69, 9.17) is 0 Å². The molecule has 0 fully saturated rings. The van der Waals surface area contributed by atoms with Crippen LogP contribution in [0, 0.1) is 25.2 Å². The van der Waals surface area contributed by atoms with E-state index in [1.165, 1.54) is 16.7 Å². The predicted molar refractivity (Wildman–Crippen MR) is 68.2 cm³/mol. The minimum atomic E-state index is 0.621. The molecular weight excluding hydrogens is 192 g/mol. The zero-order valence-electron chi connectivity index (χ0n) is 9.96. The second-order valence-corrected chi connectivity index (χ2v) is 4.98. The van der Waals surface area contributed by atoms with E-state index >= 15 is 0 Å². The normalized spacial score (nSPS) is 28.9. The van der Waals surface area contributed by atoms with Crippen LogP contribution in [-0.4, -0.2) is 0 Å². The Labute approximate surface area is 98.4 Å². The average Bonchev–Trinajstić information content (AvgIpc) is 2.31. The van der Waals surface area contributed by atoms with Crippen LogP contribution in [0.1, 0.15) is 26.7 Å². The molecule has 3 rings (SSSR count). The van der Waals surface area contributed by atoms with Gasteiger partial charge in [0.25, 0.3) is 0 Å². The van der Waals surface area contributed by atoms with Gasteiger partial charge in [-0.05, 0) is 25.7 Å². The van der Waals surface area contributed by atoms with Crippen LogP contribution in [0.3, 0.4) is 0 Å². The molecule has 16 heavy (non-hydrogen) atoms. The maximum Gasteiger partial charge on any atom is 0.0129 e. The number of allylic oxidation sites excluding steroid dienone is 8. The highest BCUT2D eigenvalue weighted by Crippen LogP contribution is 2.43. The van der Waals surface area contributed by atoms with Gasteiger partial charge in [0.2, 0.25) is 0 Å². The summed E-state index contributed by atoms with van der Waals surface area (Å²) in [6, 6.07) is 0. The number of hydrogen-bond acceptors (Lipinski definition) is 0. The monoisotopic (exact) mass is 209 g/mol. The van der Waals surface area contributed by atoms with Crippen LogP contribution in [0.4, 0.5) is 0 Å². The Bertz CT molecular complexity index is 441. The Morgan fingerprint density at radius 1 is 1.12 bits per heavy atom. The Kier molecular flexibility index (Phi) is 2.38. The van der Waals surface area contributed by atoms with Gasteiger partial charge in [-0.3, -0.25) is 0 Å². The molecule has 0 aliphatic heterocycles. The summed E-state index contributed by atoms with van der Waals surface area (Å²) in [6.07, 6.45) is 15.9. The fourth-order valence-electron chi connectivity index (χ4n) is 2.88. The third-order valence-corrected chi connectivity index (χ3v) is 3.86.